The highest BCUT2D eigenvalue weighted by molar-refractivity contribution is 5.91. The van der Waals surface area contributed by atoms with Gasteiger partial charge in [-0.15, -0.1) is 0 Å². The summed E-state index contributed by atoms with van der Waals surface area (Å²) in [6.45, 7) is 14.0. The monoisotopic (exact) mass is 626 g/mol. The van der Waals surface area contributed by atoms with Gasteiger partial charge in [-0.05, 0) is 80.0 Å². The smallest absolute Gasteiger partial charge is 0.338 e. The fourth-order valence-electron chi connectivity index (χ4n) is 5.17. The van der Waals surface area contributed by atoms with Crippen LogP contribution in [0.5, 0.6) is 0 Å². The van der Waals surface area contributed by atoms with Crippen molar-refractivity contribution in [3.05, 3.63) is 70.8 Å². The Labute approximate surface area is 274 Å². The highest BCUT2D eigenvalue weighted by atomic mass is 16.6. The number of hydrogen-bond donors (Lipinski definition) is 0. The van der Waals surface area contributed by atoms with Gasteiger partial charge < -0.3 is 18.9 Å². The topological polar surface area (TPSA) is 71.1 Å². The van der Waals surface area contributed by atoms with Gasteiger partial charge in [-0.25, -0.2) is 9.59 Å². The second-order valence-electron chi connectivity index (χ2n) is 12.8. The van der Waals surface area contributed by atoms with Crippen LogP contribution in [-0.4, -0.2) is 51.6 Å². The Morgan fingerprint density at radius 3 is 1.38 bits per heavy atom. The Morgan fingerprint density at radius 1 is 0.578 bits per heavy atom. The van der Waals surface area contributed by atoms with Gasteiger partial charge in [0.25, 0.3) is 0 Å². The van der Waals surface area contributed by atoms with Crippen molar-refractivity contribution >= 4 is 11.9 Å². The predicted molar refractivity (Wildman–Crippen MR) is 185 cm³/mol. The summed E-state index contributed by atoms with van der Waals surface area (Å²) in [7, 11) is 3.30. The zero-order valence-corrected chi connectivity index (χ0v) is 29.6. The number of unbranched alkanes of at least 4 members (excludes halogenated alkanes) is 1. The van der Waals surface area contributed by atoms with Crippen LogP contribution in [0.1, 0.15) is 131 Å². The third-order valence-electron chi connectivity index (χ3n) is 7.66. The molecule has 0 aliphatic carbocycles. The predicted octanol–water partition coefficient (Wildman–Crippen LogP) is 9.66. The van der Waals surface area contributed by atoms with Crippen LogP contribution in [0.3, 0.4) is 0 Å². The van der Waals surface area contributed by atoms with Crippen LogP contribution in [0.25, 0.3) is 0 Å². The summed E-state index contributed by atoms with van der Waals surface area (Å²) >= 11 is 0. The maximum absolute atomic E-state index is 12.5. The summed E-state index contributed by atoms with van der Waals surface area (Å²) in [5.41, 5.74) is 3.53. The van der Waals surface area contributed by atoms with E-state index >= 15 is 0 Å². The molecule has 0 N–H and O–H groups in total. The van der Waals surface area contributed by atoms with E-state index in [1.165, 1.54) is 0 Å². The number of rotatable bonds is 21. The van der Waals surface area contributed by atoms with E-state index in [9.17, 15) is 9.59 Å². The molecule has 0 aromatic heterocycles. The van der Waals surface area contributed by atoms with Gasteiger partial charge in [0.15, 0.2) is 0 Å². The van der Waals surface area contributed by atoms with Gasteiger partial charge >= 0.3 is 11.9 Å². The van der Waals surface area contributed by atoms with Crippen LogP contribution in [0.15, 0.2) is 48.5 Å². The van der Waals surface area contributed by atoms with Crippen LogP contribution >= 0.6 is 0 Å². The normalized spacial score (nSPS) is 12.4. The van der Waals surface area contributed by atoms with Crippen molar-refractivity contribution in [2.45, 2.75) is 124 Å². The zero-order chi connectivity index (χ0) is 33.5. The van der Waals surface area contributed by atoms with Crippen molar-refractivity contribution in [2.24, 2.45) is 11.8 Å². The van der Waals surface area contributed by atoms with Gasteiger partial charge in [0, 0.05) is 14.2 Å². The van der Waals surface area contributed by atoms with E-state index in [0.717, 1.165) is 81.8 Å². The van der Waals surface area contributed by atoms with E-state index in [0.29, 0.717) is 36.2 Å². The molecule has 0 saturated carbocycles. The molecule has 0 heterocycles. The van der Waals surface area contributed by atoms with E-state index in [2.05, 4.69) is 41.5 Å². The summed E-state index contributed by atoms with van der Waals surface area (Å²) in [5, 5.41) is 0. The molecule has 6 nitrogen and oxygen atoms in total. The van der Waals surface area contributed by atoms with E-state index in [-0.39, 0.29) is 24.1 Å². The lowest BCUT2D eigenvalue weighted by Crippen LogP contribution is -2.24. The van der Waals surface area contributed by atoms with Gasteiger partial charge in [-0.3, -0.25) is 0 Å². The molecule has 2 unspecified atom stereocenters. The minimum Gasteiger partial charge on any atom is -0.456 e. The van der Waals surface area contributed by atoms with Crippen molar-refractivity contribution in [1.82, 2.24) is 0 Å². The highest BCUT2D eigenvalue weighted by Gasteiger charge is 2.19. The van der Waals surface area contributed by atoms with E-state index in [1.54, 1.807) is 14.2 Å². The first-order chi connectivity index (χ1) is 21.7. The SMILES string of the molecule is CCCCc1ccccc1C(=O)OC(CCCC(C)C)COC.CCCc1ccccc1C(=O)OC(CCCC(C)C)COC. The number of carbonyl (C=O) groups excluding carboxylic acids is 2. The summed E-state index contributed by atoms with van der Waals surface area (Å²) in [5.74, 6) is 0.895. The quantitative estimate of drug-likeness (QED) is 0.129. The molecule has 0 fully saturated rings. The van der Waals surface area contributed by atoms with Crippen molar-refractivity contribution in [3.63, 3.8) is 0 Å². The highest BCUT2D eigenvalue weighted by Crippen LogP contribution is 2.18. The van der Waals surface area contributed by atoms with E-state index < -0.39 is 0 Å². The second kappa shape index (κ2) is 24.5. The number of aryl methyl sites for hydroxylation is 2. The Morgan fingerprint density at radius 2 is 1.00 bits per heavy atom. The first-order valence-electron chi connectivity index (χ1n) is 17.2. The maximum Gasteiger partial charge on any atom is 0.338 e. The fraction of sp³-hybridized carbons (Fsp3) is 0.641. The Balaban J connectivity index is 0.000000450. The lowest BCUT2D eigenvalue weighted by atomic mass is 10.0. The largest absolute Gasteiger partial charge is 0.456 e. The van der Waals surface area contributed by atoms with Gasteiger partial charge in [0.2, 0.25) is 0 Å². The number of methoxy groups -OCH3 is 2. The molecule has 0 saturated heterocycles. The average molecular weight is 627 g/mol. The zero-order valence-electron chi connectivity index (χ0n) is 29.6. The number of benzene rings is 2. The van der Waals surface area contributed by atoms with Gasteiger partial charge in [-0.2, -0.15) is 0 Å². The molecule has 6 heteroatoms. The molecule has 0 bridgehead atoms. The maximum atomic E-state index is 12.5. The molecule has 254 valence electrons. The summed E-state index contributed by atoms with van der Waals surface area (Å²) in [4.78, 5) is 25.0. The third kappa shape index (κ3) is 17.5. The molecule has 0 amide bonds. The Hall–Kier alpha value is -2.70. The summed E-state index contributed by atoms with van der Waals surface area (Å²) < 4.78 is 21.8. The van der Waals surface area contributed by atoms with Crippen LogP contribution in [0.2, 0.25) is 0 Å². The van der Waals surface area contributed by atoms with Crippen LogP contribution in [-0.2, 0) is 31.8 Å². The molecular weight excluding hydrogens is 564 g/mol. The molecule has 2 aromatic rings. The van der Waals surface area contributed by atoms with Crippen molar-refractivity contribution in [2.75, 3.05) is 27.4 Å². The standard InChI is InChI=1S/C20H32O3.C19H30O3/c1-5-6-11-17-12-7-8-14-19(17)20(21)23-18(15-22-4)13-9-10-16(2)3;1-5-9-16-11-6-7-13-18(16)19(20)22-17(14-21-4)12-8-10-15(2)3/h7-8,12,14,16,18H,5-6,9-11,13,15H2,1-4H3;6-7,11,13,15,17H,5,8-10,12,14H2,1-4H3. The van der Waals surface area contributed by atoms with Crippen molar-refractivity contribution in [3.8, 4) is 0 Å². The molecule has 0 aliphatic heterocycles. The van der Waals surface area contributed by atoms with Crippen LogP contribution in [0, 0.1) is 11.8 Å². The van der Waals surface area contributed by atoms with Crippen molar-refractivity contribution < 1.29 is 28.5 Å². The summed E-state index contributed by atoms with van der Waals surface area (Å²) in [6, 6.07) is 15.5. The molecule has 0 radical (unpaired) electrons. The first kappa shape index (κ1) is 40.3. The van der Waals surface area contributed by atoms with Gasteiger partial charge in [0.1, 0.15) is 12.2 Å². The lowest BCUT2D eigenvalue weighted by molar-refractivity contribution is 0.00147. The summed E-state index contributed by atoms with van der Waals surface area (Å²) in [6.07, 6.45) is 10.8. The number of ether oxygens (including phenoxy) is 4. The van der Waals surface area contributed by atoms with Crippen LogP contribution in [0.4, 0.5) is 0 Å². The van der Waals surface area contributed by atoms with Crippen molar-refractivity contribution in [1.29, 1.82) is 0 Å². The molecule has 45 heavy (non-hydrogen) atoms. The minimum absolute atomic E-state index is 0.161. The Bertz CT molecular complexity index is 1060. The average Bonchev–Trinajstić information content (AvgIpc) is 3.00. The minimum atomic E-state index is -0.226. The van der Waals surface area contributed by atoms with Gasteiger partial charge in [-0.1, -0.05) is 104 Å². The third-order valence-corrected chi connectivity index (χ3v) is 7.66. The number of hydrogen-bond acceptors (Lipinski definition) is 6. The fourth-order valence-corrected chi connectivity index (χ4v) is 5.17. The van der Waals surface area contributed by atoms with Crippen LogP contribution < -0.4 is 0 Å². The van der Waals surface area contributed by atoms with E-state index in [4.69, 9.17) is 18.9 Å². The van der Waals surface area contributed by atoms with E-state index in [1.807, 2.05) is 48.5 Å². The number of esters is 2. The lowest BCUT2D eigenvalue weighted by Gasteiger charge is -2.18. The second-order valence-corrected chi connectivity index (χ2v) is 12.8. The molecule has 0 aliphatic rings. The number of carbonyl (C=O) groups is 2. The molecule has 2 aromatic carbocycles. The molecule has 2 atom stereocenters. The Kier molecular flexibility index (Phi) is 22.0. The molecule has 2 rings (SSSR count). The van der Waals surface area contributed by atoms with Gasteiger partial charge in [0.05, 0.1) is 24.3 Å². The molecular formula is C39H62O6. The molecule has 0 spiro atoms. The first-order valence-corrected chi connectivity index (χ1v) is 17.2.